The van der Waals surface area contributed by atoms with Gasteiger partial charge in [-0.2, -0.15) is 0 Å². The first-order chi connectivity index (χ1) is 9.72. The third-order valence-corrected chi connectivity index (χ3v) is 5.21. The molecule has 3 heteroatoms. The number of hydrogen-bond acceptors (Lipinski definition) is 3. The summed E-state index contributed by atoms with van der Waals surface area (Å²) in [4.78, 5) is 9.81. The molecule has 0 aliphatic heterocycles. The molecule has 20 heavy (non-hydrogen) atoms. The first-order valence-electron chi connectivity index (χ1n) is 8.34. The number of nitrogens with one attached hydrogen (secondary N) is 1. The summed E-state index contributed by atoms with van der Waals surface area (Å²) in [6, 6.07) is 0. The van der Waals surface area contributed by atoms with Crippen LogP contribution in [0, 0.1) is 18.8 Å². The van der Waals surface area contributed by atoms with E-state index in [0.717, 1.165) is 42.9 Å². The van der Waals surface area contributed by atoms with Gasteiger partial charge in [-0.25, -0.2) is 9.97 Å². The molecule has 0 saturated heterocycles. The minimum absolute atomic E-state index is 0.627. The van der Waals surface area contributed by atoms with E-state index in [9.17, 15) is 0 Å². The lowest BCUT2D eigenvalue weighted by atomic mass is 9.88. The molecule has 3 rings (SSSR count). The van der Waals surface area contributed by atoms with Crippen molar-refractivity contribution < 1.29 is 0 Å². The van der Waals surface area contributed by atoms with Crippen LogP contribution in [-0.4, -0.2) is 16.5 Å². The van der Waals surface area contributed by atoms with Crippen molar-refractivity contribution in [2.75, 3.05) is 11.9 Å². The number of aromatic nitrogens is 2. The summed E-state index contributed by atoms with van der Waals surface area (Å²) in [5, 5.41) is 3.49. The summed E-state index contributed by atoms with van der Waals surface area (Å²) in [5.74, 6) is 4.63. The minimum Gasteiger partial charge on any atom is -0.370 e. The molecule has 1 aromatic heterocycles. The van der Waals surface area contributed by atoms with E-state index in [4.69, 9.17) is 9.97 Å². The SMILES string of the molecule is CCCNc1nc(C2CC3CCC2C3)nc(CC)c1C. The van der Waals surface area contributed by atoms with E-state index in [0.29, 0.717) is 5.92 Å². The maximum atomic E-state index is 4.91. The van der Waals surface area contributed by atoms with Crippen molar-refractivity contribution in [2.45, 2.75) is 65.2 Å². The lowest BCUT2D eigenvalue weighted by Gasteiger charge is -2.22. The monoisotopic (exact) mass is 273 g/mol. The predicted octanol–water partition coefficient (Wildman–Crippen LogP) is 4.07. The smallest absolute Gasteiger partial charge is 0.134 e. The highest BCUT2D eigenvalue weighted by Gasteiger charge is 2.41. The van der Waals surface area contributed by atoms with Crippen molar-refractivity contribution in [3.05, 3.63) is 17.1 Å². The van der Waals surface area contributed by atoms with Gasteiger partial charge in [0.1, 0.15) is 11.6 Å². The Balaban J connectivity index is 1.90. The van der Waals surface area contributed by atoms with Gasteiger partial charge in [0.25, 0.3) is 0 Å². The lowest BCUT2D eigenvalue weighted by Crippen LogP contribution is -2.16. The zero-order valence-electron chi connectivity index (χ0n) is 13.1. The van der Waals surface area contributed by atoms with Gasteiger partial charge in [-0.15, -0.1) is 0 Å². The Hall–Kier alpha value is -1.12. The zero-order chi connectivity index (χ0) is 14.1. The van der Waals surface area contributed by atoms with Crippen LogP contribution in [-0.2, 0) is 6.42 Å². The van der Waals surface area contributed by atoms with Gasteiger partial charge in [0.2, 0.25) is 0 Å². The van der Waals surface area contributed by atoms with Crippen molar-refractivity contribution in [3.8, 4) is 0 Å². The maximum Gasteiger partial charge on any atom is 0.134 e. The number of nitrogens with zero attached hydrogens (tertiary/aromatic N) is 2. The van der Waals surface area contributed by atoms with E-state index < -0.39 is 0 Å². The van der Waals surface area contributed by atoms with Crippen molar-refractivity contribution in [3.63, 3.8) is 0 Å². The average molecular weight is 273 g/mol. The molecular weight excluding hydrogens is 246 g/mol. The summed E-state index contributed by atoms with van der Waals surface area (Å²) in [5.41, 5.74) is 2.48. The topological polar surface area (TPSA) is 37.8 Å². The van der Waals surface area contributed by atoms with Gasteiger partial charge in [-0.3, -0.25) is 0 Å². The molecule has 1 heterocycles. The van der Waals surface area contributed by atoms with Crippen molar-refractivity contribution in [2.24, 2.45) is 11.8 Å². The Morgan fingerprint density at radius 3 is 2.60 bits per heavy atom. The lowest BCUT2D eigenvalue weighted by molar-refractivity contribution is 0.404. The molecule has 0 radical (unpaired) electrons. The minimum atomic E-state index is 0.627. The summed E-state index contributed by atoms with van der Waals surface area (Å²) in [6.45, 7) is 7.54. The molecule has 2 fully saturated rings. The predicted molar refractivity (Wildman–Crippen MR) is 83.1 cm³/mol. The largest absolute Gasteiger partial charge is 0.370 e. The van der Waals surface area contributed by atoms with Gasteiger partial charge in [0.15, 0.2) is 0 Å². The van der Waals surface area contributed by atoms with E-state index in [2.05, 4.69) is 26.1 Å². The Bertz CT molecular complexity index is 483. The zero-order valence-corrected chi connectivity index (χ0v) is 13.1. The van der Waals surface area contributed by atoms with E-state index in [1.54, 1.807) is 0 Å². The second-order valence-electron chi connectivity index (χ2n) is 6.56. The summed E-state index contributed by atoms with van der Waals surface area (Å²) in [6.07, 6.45) is 7.71. The van der Waals surface area contributed by atoms with E-state index in [1.165, 1.54) is 36.9 Å². The van der Waals surface area contributed by atoms with Gasteiger partial charge in [0, 0.05) is 23.7 Å². The number of anilines is 1. The van der Waals surface area contributed by atoms with Crippen LogP contribution in [0.4, 0.5) is 5.82 Å². The number of aryl methyl sites for hydroxylation is 1. The molecule has 3 unspecified atom stereocenters. The average Bonchev–Trinajstić information content (AvgIpc) is 3.09. The maximum absolute atomic E-state index is 4.91. The second kappa shape index (κ2) is 5.71. The van der Waals surface area contributed by atoms with E-state index in [1.807, 2.05) is 0 Å². The third-order valence-electron chi connectivity index (χ3n) is 5.21. The molecule has 2 saturated carbocycles. The van der Waals surface area contributed by atoms with Crippen molar-refractivity contribution >= 4 is 5.82 Å². The van der Waals surface area contributed by atoms with E-state index in [-0.39, 0.29) is 0 Å². The Labute approximate surface area is 122 Å². The molecule has 2 bridgehead atoms. The van der Waals surface area contributed by atoms with Gasteiger partial charge in [0.05, 0.1) is 0 Å². The van der Waals surface area contributed by atoms with Crippen molar-refractivity contribution in [1.82, 2.24) is 9.97 Å². The molecule has 2 aliphatic carbocycles. The molecule has 3 atom stereocenters. The van der Waals surface area contributed by atoms with Crippen LogP contribution >= 0.6 is 0 Å². The van der Waals surface area contributed by atoms with E-state index >= 15 is 0 Å². The van der Waals surface area contributed by atoms with Crippen LogP contribution in [0.1, 0.15) is 69.0 Å². The Morgan fingerprint density at radius 2 is 2.00 bits per heavy atom. The van der Waals surface area contributed by atoms with Crippen LogP contribution < -0.4 is 5.32 Å². The number of hydrogen-bond donors (Lipinski definition) is 1. The quantitative estimate of drug-likeness (QED) is 0.878. The first kappa shape index (κ1) is 13.8. The fraction of sp³-hybridized carbons (Fsp3) is 0.765. The van der Waals surface area contributed by atoms with Crippen molar-refractivity contribution in [1.29, 1.82) is 0 Å². The van der Waals surface area contributed by atoms with Crippen LogP contribution in [0.5, 0.6) is 0 Å². The molecule has 0 aromatic carbocycles. The van der Waals surface area contributed by atoms with Crippen LogP contribution in [0.2, 0.25) is 0 Å². The number of fused-ring (bicyclic) bond motifs is 2. The molecular formula is C17H27N3. The van der Waals surface area contributed by atoms with Gasteiger partial charge < -0.3 is 5.32 Å². The summed E-state index contributed by atoms with van der Waals surface area (Å²) < 4.78 is 0. The Morgan fingerprint density at radius 1 is 1.15 bits per heavy atom. The highest BCUT2D eigenvalue weighted by Crippen LogP contribution is 2.52. The molecule has 2 aliphatic rings. The second-order valence-corrected chi connectivity index (χ2v) is 6.56. The molecule has 0 spiro atoms. The highest BCUT2D eigenvalue weighted by atomic mass is 15.0. The fourth-order valence-electron chi connectivity index (χ4n) is 4.07. The molecule has 1 aromatic rings. The normalized spacial score (nSPS) is 28.1. The highest BCUT2D eigenvalue weighted by molar-refractivity contribution is 5.46. The van der Waals surface area contributed by atoms with Gasteiger partial charge in [-0.1, -0.05) is 20.3 Å². The third kappa shape index (κ3) is 2.43. The molecule has 110 valence electrons. The van der Waals surface area contributed by atoms with Crippen LogP contribution in [0.15, 0.2) is 0 Å². The van der Waals surface area contributed by atoms with Crippen LogP contribution in [0.3, 0.4) is 0 Å². The van der Waals surface area contributed by atoms with Crippen LogP contribution in [0.25, 0.3) is 0 Å². The van der Waals surface area contributed by atoms with Gasteiger partial charge in [-0.05, 0) is 50.9 Å². The number of rotatable bonds is 5. The summed E-state index contributed by atoms with van der Waals surface area (Å²) in [7, 11) is 0. The molecule has 1 N–H and O–H groups in total. The molecule has 0 amide bonds. The summed E-state index contributed by atoms with van der Waals surface area (Å²) >= 11 is 0. The van der Waals surface area contributed by atoms with Gasteiger partial charge >= 0.3 is 0 Å². The standard InChI is InChI=1S/C17H27N3/c1-4-8-18-16-11(3)15(5-2)19-17(20-16)14-10-12-6-7-13(14)9-12/h12-14H,4-10H2,1-3H3,(H,18,19,20). The first-order valence-corrected chi connectivity index (χ1v) is 8.34. The molecule has 3 nitrogen and oxygen atoms in total. The Kier molecular flexibility index (Phi) is 3.95. The fourth-order valence-corrected chi connectivity index (χ4v) is 4.07.